The van der Waals surface area contributed by atoms with Gasteiger partial charge < -0.3 is 5.32 Å². The number of carbonyl (C=O) groups excluding carboxylic acids is 1. The highest BCUT2D eigenvalue weighted by atomic mass is 19.4. The second kappa shape index (κ2) is 6.06. The van der Waals surface area contributed by atoms with Gasteiger partial charge in [0.15, 0.2) is 5.69 Å². The summed E-state index contributed by atoms with van der Waals surface area (Å²) in [6, 6.07) is 7.23. The molecule has 122 valence electrons. The summed E-state index contributed by atoms with van der Waals surface area (Å²) in [7, 11) is 0. The monoisotopic (exact) mass is 323 g/mol. The number of alkyl halides is 3. The van der Waals surface area contributed by atoms with Crippen molar-refractivity contribution in [2.75, 3.05) is 6.54 Å². The third kappa shape index (κ3) is 3.55. The lowest BCUT2D eigenvalue weighted by Crippen LogP contribution is -2.32. The molecule has 1 heterocycles. The summed E-state index contributed by atoms with van der Waals surface area (Å²) in [5, 5.41) is 6.37. The minimum atomic E-state index is -4.47. The van der Waals surface area contributed by atoms with E-state index in [1.54, 1.807) is 24.3 Å². The predicted molar refractivity (Wildman–Crippen MR) is 78.2 cm³/mol. The summed E-state index contributed by atoms with van der Waals surface area (Å²) in [6.45, 7) is 0.675. The molecule has 23 heavy (non-hydrogen) atoms. The summed E-state index contributed by atoms with van der Waals surface area (Å²) in [5.74, 6) is 0.406. The molecule has 4 nitrogen and oxygen atoms in total. The molecule has 0 atom stereocenters. The minimum absolute atomic E-state index is 0.167. The molecule has 1 aromatic carbocycles. The summed E-state index contributed by atoms with van der Waals surface area (Å²) in [6.07, 6.45) is 0.306. The molecule has 1 saturated carbocycles. The molecular formula is C16H16F3N3O. The van der Waals surface area contributed by atoms with E-state index in [0.29, 0.717) is 23.7 Å². The second-order valence-corrected chi connectivity index (χ2v) is 5.70. The van der Waals surface area contributed by atoms with Crippen LogP contribution in [0.4, 0.5) is 13.2 Å². The number of carbonyl (C=O) groups is 1. The number of halogens is 3. The predicted octanol–water partition coefficient (Wildman–Crippen LogP) is 3.42. The Morgan fingerprint density at radius 3 is 2.43 bits per heavy atom. The van der Waals surface area contributed by atoms with Crippen LogP contribution in [-0.2, 0) is 6.18 Å². The highest BCUT2D eigenvalue weighted by Gasteiger charge is 2.33. The first-order valence-electron chi connectivity index (χ1n) is 7.45. The molecule has 1 aliphatic rings. The van der Waals surface area contributed by atoms with Gasteiger partial charge in [-0.05, 0) is 49.1 Å². The van der Waals surface area contributed by atoms with Crippen LogP contribution in [0.5, 0.6) is 0 Å². The second-order valence-electron chi connectivity index (χ2n) is 5.70. The number of nitrogens with one attached hydrogen (secondary N) is 1. The Kier molecular flexibility index (Phi) is 4.11. The lowest BCUT2D eigenvalue weighted by molar-refractivity contribution is -0.141. The molecule has 1 fully saturated rings. The molecule has 1 N–H and O–H groups in total. The first-order chi connectivity index (χ1) is 10.9. The van der Waals surface area contributed by atoms with Crippen LogP contribution in [0.25, 0.3) is 5.69 Å². The first-order valence-corrected chi connectivity index (χ1v) is 7.45. The van der Waals surface area contributed by atoms with E-state index in [0.717, 1.165) is 23.6 Å². The van der Waals surface area contributed by atoms with Crippen LogP contribution in [0, 0.1) is 5.92 Å². The Bertz CT molecular complexity index is 687. The molecule has 1 aliphatic carbocycles. The third-order valence-corrected chi connectivity index (χ3v) is 4.05. The highest BCUT2D eigenvalue weighted by Crippen LogP contribution is 2.28. The zero-order valence-corrected chi connectivity index (χ0v) is 12.3. The van der Waals surface area contributed by atoms with E-state index in [9.17, 15) is 18.0 Å². The Balaban J connectivity index is 1.66. The number of hydrogen-bond donors (Lipinski definition) is 1. The summed E-state index contributed by atoms with van der Waals surface area (Å²) >= 11 is 0. The molecular weight excluding hydrogens is 307 g/mol. The van der Waals surface area contributed by atoms with Crippen LogP contribution in [0.1, 0.15) is 35.3 Å². The van der Waals surface area contributed by atoms with Gasteiger partial charge in [0.25, 0.3) is 5.91 Å². The zero-order chi connectivity index (χ0) is 16.4. The van der Waals surface area contributed by atoms with E-state index in [-0.39, 0.29) is 5.91 Å². The molecule has 2 aromatic rings. The van der Waals surface area contributed by atoms with E-state index in [1.807, 2.05) is 0 Å². The fourth-order valence-corrected chi connectivity index (χ4v) is 2.42. The third-order valence-electron chi connectivity index (χ3n) is 4.05. The fourth-order valence-electron chi connectivity index (χ4n) is 2.42. The molecule has 1 aromatic heterocycles. The van der Waals surface area contributed by atoms with Crippen LogP contribution >= 0.6 is 0 Å². The Hall–Kier alpha value is -2.31. The molecule has 0 spiro atoms. The van der Waals surface area contributed by atoms with E-state index >= 15 is 0 Å². The Morgan fingerprint density at radius 2 is 1.91 bits per heavy atom. The first kappa shape index (κ1) is 15.6. The van der Waals surface area contributed by atoms with Gasteiger partial charge in [-0.2, -0.15) is 18.3 Å². The minimum Gasteiger partial charge on any atom is -0.352 e. The lowest BCUT2D eigenvalue weighted by atomic mass is 9.85. The van der Waals surface area contributed by atoms with Crippen molar-refractivity contribution < 1.29 is 18.0 Å². The molecule has 0 bridgehead atoms. The maximum Gasteiger partial charge on any atom is 0.435 e. The molecule has 1 amide bonds. The molecule has 0 saturated heterocycles. The van der Waals surface area contributed by atoms with E-state index in [4.69, 9.17) is 0 Å². The van der Waals surface area contributed by atoms with Gasteiger partial charge in [0.05, 0.1) is 5.69 Å². The van der Waals surface area contributed by atoms with Crippen molar-refractivity contribution in [3.63, 3.8) is 0 Å². The van der Waals surface area contributed by atoms with Crippen molar-refractivity contribution in [1.82, 2.24) is 15.1 Å². The van der Waals surface area contributed by atoms with E-state index < -0.39 is 11.9 Å². The molecule has 3 rings (SSSR count). The van der Waals surface area contributed by atoms with Crippen LogP contribution in [-0.4, -0.2) is 22.2 Å². The Labute approximate surface area is 131 Å². The van der Waals surface area contributed by atoms with E-state index in [1.165, 1.54) is 12.6 Å². The van der Waals surface area contributed by atoms with Gasteiger partial charge in [0.2, 0.25) is 0 Å². The Morgan fingerprint density at radius 1 is 1.22 bits per heavy atom. The maximum absolute atomic E-state index is 12.5. The largest absolute Gasteiger partial charge is 0.435 e. The number of benzene rings is 1. The standard InChI is InChI=1S/C16H16F3N3O/c17-16(18,19)14-8-9-22(21-14)13-6-4-12(5-7-13)15(23)20-10-11-2-1-3-11/h4-9,11H,1-3,10H2,(H,20,23). The van der Waals surface area contributed by atoms with Crippen LogP contribution < -0.4 is 5.32 Å². The average Bonchev–Trinajstić information content (AvgIpc) is 2.95. The lowest BCUT2D eigenvalue weighted by Gasteiger charge is -2.25. The summed E-state index contributed by atoms with van der Waals surface area (Å²) < 4.78 is 38.8. The van der Waals surface area contributed by atoms with Crippen molar-refractivity contribution in [3.05, 3.63) is 47.8 Å². The normalized spacial score (nSPS) is 15.3. The van der Waals surface area contributed by atoms with Crippen LogP contribution in [0.2, 0.25) is 0 Å². The number of hydrogen-bond acceptors (Lipinski definition) is 2. The fraction of sp³-hybridized carbons (Fsp3) is 0.375. The van der Waals surface area contributed by atoms with Gasteiger partial charge in [-0.1, -0.05) is 6.42 Å². The van der Waals surface area contributed by atoms with Crippen molar-refractivity contribution >= 4 is 5.91 Å². The van der Waals surface area contributed by atoms with Gasteiger partial charge in [-0.3, -0.25) is 4.79 Å². The zero-order valence-electron chi connectivity index (χ0n) is 12.3. The molecule has 7 heteroatoms. The molecule has 0 aliphatic heterocycles. The van der Waals surface area contributed by atoms with Crippen molar-refractivity contribution in [1.29, 1.82) is 0 Å². The van der Waals surface area contributed by atoms with Gasteiger partial charge in [0, 0.05) is 18.3 Å². The van der Waals surface area contributed by atoms with Gasteiger partial charge in [0.1, 0.15) is 0 Å². The quantitative estimate of drug-likeness (QED) is 0.937. The number of amides is 1. The van der Waals surface area contributed by atoms with Gasteiger partial charge >= 0.3 is 6.18 Å². The van der Waals surface area contributed by atoms with Gasteiger partial charge in [-0.15, -0.1) is 0 Å². The van der Waals surface area contributed by atoms with Crippen molar-refractivity contribution in [2.24, 2.45) is 5.92 Å². The number of aromatic nitrogens is 2. The van der Waals surface area contributed by atoms with Crippen molar-refractivity contribution in [3.8, 4) is 5.69 Å². The maximum atomic E-state index is 12.5. The van der Waals surface area contributed by atoms with Crippen LogP contribution in [0.3, 0.4) is 0 Å². The molecule has 0 radical (unpaired) electrons. The summed E-state index contributed by atoms with van der Waals surface area (Å²) in [4.78, 5) is 12.0. The molecule has 0 unspecified atom stereocenters. The smallest absolute Gasteiger partial charge is 0.352 e. The number of rotatable bonds is 4. The SMILES string of the molecule is O=C(NCC1CCC1)c1ccc(-n2ccc(C(F)(F)F)n2)cc1. The van der Waals surface area contributed by atoms with Crippen LogP contribution in [0.15, 0.2) is 36.5 Å². The summed E-state index contributed by atoms with van der Waals surface area (Å²) in [5.41, 5.74) is 0.00661. The number of nitrogens with zero attached hydrogens (tertiary/aromatic N) is 2. The topological polar surface area (TPSA) is 46.9 Å². The highest BCUT2D eigenvalue weighted by molar-refractivity contribution is 5.94. The van der Waals surface area contributed by atoms with Gasteiger partial charge in [-0.25, -0.2) is 4.68 Å². The van der Waals surface area contributed by atoms with E-state index in [2.05, 4.69) is 10.4 Å². The average molecular weight is 323 g/mol. The van der Waals surface area contributed by atoms with Crippen molar-refractivity contribution in [2.45, 2.75) is 25.4 Å².